The molecule has 2 aromatic rings. The Hall–Kier alpha value is -2.61. The standard InChI is InChI=1S/C19H15F3O4S/c1-10-15(25-12-4-6-13(27-2)7-5-12)8-3-11-9-14(18(23)24)17(19(20,21)22)26-16(10)11/h3-9,17H,1-2H3,(H,23,24). The highest BCUT2D eigenvalue weighted by Crippen LogP contribution is 2.42. The number of fused-ring (bicyclic) bond motifs is 1. The second kappa shape index (κ2) is 7.19. The largest absolute Gasteiger partial charge is 0.478 e. The highest BCUT2D eigenvalue weighted by atomic mass is 32.2. The van der Waals surface area contributed by atoms with E-state index in [1.807, 2.05) is 18.4 Å². The van der Waals surface area contributed by atoms with Crippen LogP contribution in [0.3, 0.4) is 0 Å². The summed E-state index contributed by atoms with van der Waals surface area (Å²) in [6, 6.07) is 10.3. The molecule has 1 N–H and O–H groups in total. The van der Waals surface area contributed by atoms with Crippen molar-refractivity contribution in [1.82, 2.24) is 0 Å². The minimum absolute atomic E-state index is 0.0411. The van der Waals surface area contributed by atoms with Crippen molar-refractivity contribution in [2.45, 2.75) is 24.1 Å². The molecule has 1 aliphatic rings. The van der Waals surface area contributed by atoms with Crippen molar-refractivity contribution in [3.05, 3.63) is 53.1 Å². The molecule has 142 valence electrons. The number of thioether (sulfide) groups is 1. The molecule has 0 radical (unpaired) electrons. The lowest BCUT2D eigenvalue weighted by Gasteiger charge is -2.28. The molecule has 8 heteroatoms. The van der Waals surface area contributed by atoms with Crippen molar-refractivity contribution in [1.29, 1.82) is 0 Å². The minimum Gasteiger partial charge on any atom is -0.478 e. The van der Waals surface area contributed by atoms with E-state index >= 15 is 0 Å². The number of benzene rings is 2. The highest BCUT2D eigenvalue weighted by Gasteiger charge is 2.48. The van der Waals surface area contributed by atoms with Crippen molar-refractivity contribution in [3.63, 3.8) is 0 Å². The third-order valence-corrected chi connectivity index (χ3v) is 4.79. The normalized spacial score (nSPS) is 16.2. The summed E-state index contributed by atoms with van der Waals surface area (Å²) in [6.45, 7) is 1.57. The maximum absolute atomic E-state index is 13.2. The molecule has 0 fully saturated rings. The van der Waals surface area contributed by atoms with Gasteiger partial charge in [-0.05, 0) is 55.7 Å². The van der Waals surface area contributed by atoms with Gasteiger partial charge in [-0.25, -0.2) is 4.79 Å². The van der Waals surface area contributed by atoms with Crippen LogP contribution < -0.4 is 9.47 Å². The number of carboxylic acids is 1. The smallest absolute Gasteiger partial charge is 0.430 e. The Kier molecular flexibility index (Phi) is 5.10. The topological polar surface area (TPSA) is 55.8 Å². The van der Waals surface area contributed by atoms with Gasteiger partial charge in [0.05, 0.1) is 5.57 Å². The summed E-state index contributed by atoms with van der Waals surface area (Å²) >= 11 is 1.57. The predicted octanol–water partition coefficient (Wildman–Crippen LogP) is 5.30. The van der Waals surface area contributed by atoms with Crippen LogP contribution in [0.4, 0.5) is 13.2 Å². The van der Waals surface area contributed by atoms with E-state index in [4.69, 9.17) is 14.6 Å². The van der Waals surface area contributed by atoms with Crippen molar-refractivity contribution in [3.8, 4) is 17.2 Å². The van der Waals surface area contributed by atoms with Crippen LogP contribution in [0.2, 0.25) is 0 Å². The monoisotopic (exact) mass is 396 g/mol. The number of rotatable bonds is 4. The number of hydrogen-bond acceptors (Lipinski definition) is 4. The van der Waals surface area contributed by atoms with Crippen LogP contribution >= 0.6 is 11.8 Å². The van der Waals surface area contributed by atoms with E-state index in [1.165, 1.54) is 6.07 Å². The van der Waals surface area contributed by atoms with Gasteiger partial charge in [0, 0.05) is 16.0 Å². The number of aliphatic carboxylic acids is 1. The van der Waals surface area contributed by atoms with Gasteiger partial charge in [0.2, 0.25) is 6.10 Å². The second-order valence-electron chi connectivity index (χ2n) is 5.83. The molecule has 0 spiro atoms. The molecule has 0 aliphatic carbocycles. The van der Waals surface area contributed by atoms with Crippen molar-refractivity contribution in [2.75, 3.05) is 6.26 Å². The Morgan fingerprint density at radius 1 is 1.19 bits per heavy atom. The van der Waals surface area contributed by atoms with Gasteiger partial charge >= 0.3 is 12.1 Å². The molecule has 0 aromatic heterocycles. The van der Waals surface area contributed by atoms with Gasteiger partial charge in [-0.1, -0.05) is 0 Å². The van der Waals surface area contributed by atoms with Gasteiger partial charge in [-0.3, -0.25) is 0 Å². The zero-order chi connectivity index (χ0) is 19.8. The Morgan fingerprint density at radius 2 is 1.85 bits per heavy atom. The third kappa shape index (κ3) is 3.90. The highest BCUT2D eigenvalue weighted by molar-refractivity contribution is 7.98. The first-order valence-electron chi connectivity index (χ1n) is 7.84. The van der Waals surface area contributed by atoms with Crippen LogP contribution in [-0.2, 0) is 4.79 Å². The lowest BCUT2D eigenvalue weighted by Crippen LogP contribution is -2.40. The Labute approximate surface area is 157 Å². The van der Waals surface area contributed by atoms with E-state index in [0.717, 1.165) is 11.0 Å². The van der Waals surface area contributed by atoms with Gasteiger partial charge in [-0.15, -0.1) is 11.8 Å². The van der Waals surface area contributed by atoms with Crippen LogP contribution in [0.1, 0.15) is 11.1 Å². The molecule has 0 amide bonds. The molecular formula is C19H15F3O4S. The summed E-state index contributed by atoms with van der Waals surface area (Å²) in [5.74, 6) is -0.852. The van der Waals surface area contributed by atoms with Gasteiger partial charge in [0.15, 0.2) is 0 Å². The molecule has 3 rings (SSSR count). The van der Waals surface area contributed by atoms with Crippen molar-refractivity contribution >= 4 is 23.8 Å². The van der Waals surface area contributed by atoms with Crippen molar-refractivity contribution in [2.24, 2.45) is 0 Å². The van der Waals surface area contributed by atoms with E-state index in [1.54, 1.807) is 36.9 Å². The van der Waals surface area contributed by atoms with Gasteiger partial charge in [0.25, 0.3) is 0 Å². The Balaban J connectivity index is 1.98. The van der Waals surface area contributed by atoms with Crippen LogP contribution in [-0.4, -0.2) is 29.6 Å². The number of carboxylic acid groups (broad SMARTS) is 1. The summed E-state index contributed by atoms with van der Waals surface area (Å²) < 4.78 is 50.5. The molecule has 1 unspecified atom stereocenters. The van der Waals surface area contributed by atoms with Gasteiger partial charge in [0.1, 0.15) is 17.2 Å². The summed E-state index contributed by atoms with van der Waals surface area (Å²) in [7, 11) is 0. The zero-order valence-electron chi connectivity index (χ0n) is 14.3. The van der Waals surface area contributed by atoms with Gasteiger partial charge in [-0.2, -0.15) is 13.2 Å². The maximum atomic E-state index is 13.2. The number of hydrogen-bond donors (Lipinski definition) is 1. The first-order chi connectivity index (χ1) is 12.7. The molecule has 0 bridgehead atoms. The number of carbonyl (C=O) groups is 1. The summed E-state index contributed by atoms with van der Waals surface area (Å²) in [6.07, 6.45) is -4.45. The quantitative estimate of drug-likeness (QED) is 0.711. The predicted molar refractivity (Wildman–Crippen MR) is 95.6 cm³/mol. The van der Waals surface area contributed by atoms with Crippen LogP contribution in [0.15, 0.2) is 46.9 Å². The average molecular weight is 396 g/mol. The first-order valence-corrected chi connectivity index (χ1v) is 9.07. The van der Waals surface area contributed by atoms with Crippen LogP contribution in [0.25, 0.3) is 6.08 Å². The minimum atomic E-state index is -4.85. The lowest BCUT2D eigenvalue weighted by molar-refractivity contribution is -0.187. The Bertz CT molecular complexity index is 904. The zero-order valence-corrected chi connectivity index (χ0v) is 15.1. The molecule has 1 atom stereocenters. The summed E-state index contributed by atoms with van der Waals surface area (Å²) in [5, 5.41) is 9.08. The van der Waals surface area contributed by atoms with E-state index in [9.17, 15) is 18.0 Å². The van der Waals surface area contributed by atoms with Gasteiger partial charge < -0.3 is 14.6 Å². The first kappa shape index (κ1) is 19.2. The van der Waals surface area contributed by atoms with E-state index in [2.05, 4.69) is 0 Å². The summed E-state index contributed by atoms with van der Waals surface area (Å²) in [4.78, 5) is 12.2. The fraction of sp³-hybridized carbons (Fsp3) is 0.211. The molecule has 1 heterocycles. The molecule has 0 saturated carbocycles. The molecule has 2 aromatic carbocycles. The average Bonchev–Trinajstić information content (AvgIpc) is 2.63. The molecule has 27 heavy (non-hydrogen) atoms. The molecule has 4 nitrogen and oxygen atoms in total. The number of halogens is 3. The number of ether oxygens (including phenoxy) is 2. The number of alkyl halides is 3. The Morgan fingerprint density at radius 3 is 2.41 bits per heavy atom. The second-order valence-corrected chi connectivity index (χ2v) is 6.71. The van der Waals surface area contributed by atoms with Crippen molar-refractivity contribution < 1.29 is 32.5 Å². The SMILES string of the molecule is CSc1ccc(Oc2ccc3c(c2C)OC(C(F)(F)F)C(C(=O)O)=C3)cc1. The summed E-state index contributed by atoms with van der Waals surface area (Å²) in [5.41, 5.74) is -0.234. The van der Waals surface area contributed by atoms with E-state index in [-0.39, 0.29) is 11.3 Å². The van der Waals surface area contributed by atoms with E-state index in [0.29, 0.717) is 17.1 Å². The molecule has 0 saturated heterocycles. The lowest BCUT2D eigenvalue weighted by atomic mass is 9.99. The van der Waals surface area contributed by atoms with Crippen LogP contribution in [0.5, 0.6) is 17.2 Å². The van der Waals surface area contributed by atoms with Crippen LogP contribution in [0, 0.1) is 6.92 Å². The maximum Gasteiger partial charge on any atom is 0.430 e. The van der Waals surface area contributed by atoms with E-state index < -0.39 is 23.8 Å². The third-order valence-electron chi connectivity index (χ3n) is 4.05. The molecular weight excluding hydrogens is 381 g/mol. The fourth-order valence-electron chi connectivity index (χ4n) is 2.69. The molecule has 1 aliphatic heterocycles. The fourth-order valence-corrected chi connectivity index (χ4v) is 3.10.